The highest BCUT2D eigenvalue weighted by Crippen LogP contribution is 2.34. The molecule has 4 heteroatoms. The van der Waals surface area contributed by atoms with E-state index in [9.17, 15) is 10.1 Å². The molecule has 0 unspecified atom stereocenters. The summed E-state index contributed by atoms with van der Waals surface area (Å²) in [4.78, 5) is 11.9. The number of ether oxygens (including phenoxy) is 2. The summed E-state index contributed by atoms with van der Waals surface area (Å²) in [7, 11) is 1.62. The van der Waals surface area contributed by atoms with Crippen molar-refractivity contribution in [2.45, 2.75) is 19.8 Å². The van der Waals surface area contributed by atoms with Gasteiger partial charge < -0.3 is 9.47 Å². The van der Waals surface area contributed by atoms with Gasteiger partial charge in [-0.3, -0.25) is 4.79 Å². The number of methoxy groups -OCH3 is 1. The van der Waals surface area contributed by atoms with Gasteiger partial charge in [-0.25, -0.2) is 0 Å². The number of benzene rings is 3. The largest absolute Gasteiger partial charge is 0.497 e. The summed E-state index contributed by atoms with van der Waals surface area (Å²) in [5.74, 6) is 0.515. The zero-order valence-corrected chi connectivity index (χ0v) is 15.5. The van der Waals surface area contributed by atoms with Gasteiger partial charge in [0.05, 0.1) is 19.3 Å². The minimum Gasteiger partial charge on any atom is -0.497 e. The predicted octanol–water partition coefficient (Wildman–Crippen LogP) is 4.88. The van der Waals surface area contributed by atoms with Crippen molar-refractivity contribution in [3.63, 3.8) is 0 Å². The predicted molar refractivity (Wildman–Crippen MR) is 106 cm³/mol. The van der Waals surface area contributed by atoms with Crippen molar-refractivity contribution in [2.24, 2.45) is 0 Å². The molecule has 0 aliphatic heterocycles. The summed E-state index contributed by atoms with van der Waals surface area (Å²) in [5.41, 5.74) is 3.28. The maximum absolute atomic E-state index is 11.9. The van der Waals surface area contributed by atoms with E-state index in [-0.39, 0.29) is 12.4 Å². The molecular formula is C23H21NO3. The number of aryl methyl sites for hydroxylation is 1. The molecule has 0 amide bonds. The number of hydrogen-bond donors (Lipinski definition) is 0. The maximum atomic E-state index is 11.9. The lowest BCUT2D eigenvalue weighted by molar-refractivity contribution is -0.143. The molecule has 0 aliphatic rings. The van der Waals surface area contributed by atoms with Crippen molar-refractivity contribution in [3.8, 4) is 22.9 Å². The van der Waals surface area contributed by atoms with E-state index < -0.39 is 0 Å². The normalized spacial score (nSPS) is 10.4. The van der Waals surface area contributed by atoms with Gasteiger partial charge in [0.15, 0.2) is 0 Å². The summed E-state index contributed by atoms with van der Waals surface area (Å²) >= 11 is 0. The van der Waals surface area contributed by atoms with Crippen LogP contribution in [0.2, 0.25) is 0 Å². The minimum atomic E-state index is -0.250. The molecule has 4 nitrogen and oxygen atoms in total. The number of fused-ring (bicyclic) bond motifs is 1. The highest BCUT2D eigenvalue weighted by atomic mass is 16.5. The second kappa shape index (κ2) is 8.37. The van der Waals surface area contributed by atoms with Crippen molar-refractivity contribution in [1.29, 1.82) is 5.26 Å². The highest BCUT2D eigenvalue weighted by molar-refractivity contribution is 5.94. The van der Waals surface area contributed by atoms with Gasteiger partial charge in [0.2, 0.25) is 0 Å². The maximum Gasteiger partial charge on any atom is 0.306 e. The average molecular weight is 359 g/mol. The third-order valence-corrected chi connectivity index (χ3v) is 4.55. The van der Waals surface area contributed by atoms with E-state index in [0.717, 1.165) is 33.2 Å². The molecule has 0 fully saturated rings. The topological polar surface area (TPSA) is 59.3 Å². The van der Waals surface area contributed by atoms with Gasteiger partial charge in [0, 0.05) is 12.0 Å². The van der Waals surface area contributed by atoms with E-state index in [1.807, 2.05) is 54.6 Å². The Morgan fingerprint density at radius 1 is 1.11 bits per heavy atom. The molecular weight excluding hydrogens is 338 g/mol. The molecule has 3 aromatic carbocycles. The molecule has 136 valence electrons. The molecule has 0 spiro atoms. The molecule has 0 saturated carbocycles. The lowest BCUT2D eigenvalue weighted by Gasteiger charge is -2.14. The minimum absolute atomic E-state index is 0.249. The zero-order chi connectivity index (χ0) is 19.2. The Bertz CT molecular complexity index is 1000. The van der Waals surface area contributed by atoms with Crippen LogP contribution in [0.1, 0.15) is 24.5 Å². The molecule has 0 aliphatic carbocycles. The SMILES string of the molecule is CCOC(=O)CCc1c(C#N)c(-c2ccc(OC)cc2)cc2ccccc12. The molecule has 3 aromatic rings. The first-order valence-electron chi connectivity index (χ1n) is 8.92. The van der Waals surface area contributed by atoms with Gasteiger partial charge in [0.25, 0.3) is 0 Å². The van der Waals surface area contributed by atoms with Crippen LogP contribution in [0, 0.1) is 11.3 Å². The Hall–Kier alpha value is -3.32. The van der Waals surface area contributed by atoms with Crippen molar-refractivity contribution >= 4 is 16.7 Å². The standard InChI is InChI=1S/C23H21NO3/c1-3-27-23(25)13-12-20-19-7-5-4-6-17(19)14-21(22(20)15-24)16-8-10-18(26-2)11-9-16/h4-11,14H,3,12-13H2,1-2H3. The van der Waals surface area contributed by atoms with E-state index >= 15 is 0 Å². The first kappa shape index (κ1) is 18.5. The number of hydrogen-bond acceptors (Lipinski definition) is 4. The van der Waals surface area contributed by atoms with Gasteiger partial charge in [-0.05, 0) is 53.4 Å². The Morgan fingerprint density at radius 3 is 2.52 bits per heavy atom. The van der Waals surface area contributed by atoms with Crippen LogP contribution in [0.15, 0.2) is 54.6 Å². The van der Waals surface area contributed by atoms with Crippen LogP contribution in [-0.2, 0) is 16.0 Å². The molecule has 27 heavy (non-hydrogen) atoms. The van der Waals surface area contributed by atoms with Crippen LogP contribution >= 0.6 is 0 Å². The van der Waals surface area contributed by atoms with Crippen molar-refractivity contribution in [3.05, 3.63) is 65.7 Å². The number of carbonyl (C=O) groups is 1. The molecule has 0 radical (unpaired) electrons. The number of rotatable bonds is 6. The van der Waals surface area contributed by atoms with Gasteiger partial charge >= 0.3 is 5.97 Å². The highest BCUT2D eigenvalue weighted by Gasteiger charge is 2.16. The monoisotopic (exact) mass is 359 g/mol. The smallest absolute Gasteiger partial charge is 0.306 e. The lowest BCUT2D eigenvalue weighted by atomic mass is 9.89. The van der Waals surface area contributed by atoms with Gasteiger partial charge in [0.1, 0.15) is 11.8 Å². The van der Waals surface area contributed by atoms with Crippen molar-refractivity contribution in [2.75, 3.05) is 13.7 Å². The Morgan fingerprint density at radius 2 is 1.85 bits per heavy atom. The third-order valence-electron chi connectivity index (χ3n) is 4.55. The van der Waals surface area contributed by atoms with Crippen molar-refractivity contribution < 1.29 is 14.3 Å². The van der Waals surface area contributed by atoms with Crippen LogP contribution in [0.5, 0.6) is 5.75 Å². The van der Waals surface area contributed by atoms with Crippen LogP contribution in [0.3, 0.4) is 0 Å². The van der Waals surface area contributed by atoms with Crippen LogP contribution in [0.4, 0.5) is 0 Å². The summed E-state index contributed by atoms with van der Waals surface area (Å²) < 4.78 is 10.3. The summed E-state index contributed by atoms with van der Waals surface area (Å²) in [6.07, 6.45) is 0.713. The zero-order valence-electron chi connectivity index (χ0n) is 15.5. The second-order valence-electron chi connectivity index (χ2n) is 6.14. The first-order valence-corrected chi connectivity index (χ1v) is 8.92. The van der Waals surface area contributed by atoms with Gasteiger partial charge in [-0.15, -0.1) is 0 Å². The summed E-state index contributed by atoms with van der Waals surface area (Å²) in [6, 6.07) is 20.0. The molecule has 0 atom stereocenters. The van der Waals surface area contributed by atoms with Crippen molar-refractivity contribution in [1.82, 2.24) is 0 Å². The molecule has 3 rings (SSSR count). The summed E-state index contributed by atoms with van der Waals surface area (Å²) in [5, 5.41) is 11.9. The van der Waals surface area contributed by atoms with E-state index in [1.165, 1.54) is 0 Å². The quantitative estimate of drug-likeness (QED) is 0.588. The molecule has 0 saturated heterocycles. The molecule has 0 heterocycles. The molecule has 0 N–H and O–H groups in total. The Balaban J connectivity index is 2.13. The van der Waals surface area contributed by atoms with Gasteiger partial charge in [-0.2, -0.15) is 5.26 Å². The lowest BCUT2D eigenvalue weighted by Crippen LogP contribution is -2.06. The van der Waals surface area contributed by atoms with Crippen LogP contribution in [0.25, 0.3) is 21.9 Å². The van der Waals surface area contributed by atoms with Gasteiger partial charge in [-0.1, -0.05) is 36.4 Å². The van der Waals surface area contributed by atoms with Crippen LogP contribution < -0.4 is 4.74 Å². The van der Waals surface area contributed by atoms with E-state index in [2.05, 4.69) is 6.07 Å². The third kappa shape index (κ3) is 3.93. The molecule has 0 aromatic heterocycles. The fraction of sp³-hybridized carbons (Fsp3) is 0.217. The van der Waals surface area contributed by atoms with E-state index in [4.69, 9.17) is 9.47 Å². The fourth-order valence-corrected chi connectivity index (χ4v) is 3.27. The number of carbonyl (C=O) groups excluding carboxylic acids is 1. The Kier molecular flexibility index (Phi) is 5.73. The average Bonchev–Trinajstić information content (AvgIpc) is 2.71. The van der Waals surface area contributed by atoms with E-state index in [0.29, 0.717) is 18.6 Å². The Labute approximate surface area is 159 Å². The summed E-state index contributed by atoms with van der Waals surface area (Å²) in [6.45, 7) is 2.15. The molecule has 0 bridgehead atoms. The number of esters is 1. The fourth-order valence-electron chi connectivity index (χ4n) is 3.27. The first-order chi connectivity index (χ1) is 13.2. The second-order valence-corrected chi connectivity index (χ2v) is 6.14. The van der Waals surface area contributed by atoms with Crippen LogP contribution in [-0.4, -0.2) is 19.7 Å². The van der Waals surface area contributed by atoms with E-state index in [1.54, 1.807) is 14.0 Å². The number of nitriles is 1. The number of nitrogens with zero attached hydrogens (tertiary/aromatic N) is 1.